The van der Waals surface area contributed by atoms with E-state index in [-0.39, 0.29) is 17.6 Å². The minimum atomic E-state index is -0.412. The molecule has 6 nitrogen and oxygen atoms in total. The number of fused-ring (bicyclic) bond motifs is 1. The van der Waals surface area contributed by atoms with Gasteiger partial charge in [-0.15, -0.1) is 0 Å². The van der Waals surface area contributed by atoms with Crippen molar-refractivity contribution in [2.75, 3.05) is 18.4 Å². The van der Waals surface area contributed by atoms with Crippen LogP contribution >= 0.6 is 0 Å². The van der Waals surface area contributed by atoms with Gasteiger partial charge in [0.25, 0.3) is 5.56 Å². The lowest BCUT2D eigenvalue weighted by Gasteiger charge is -2.32. The van der Waals surface area contributed by atoms with Crippen molar-refractivity contribution in [2.45, 2.75) is 25.8 Å². The maximum atomic E-state index is 13.3. The van der Waals surface area contributed by atoms with Crippen LogP contribution in [0, 0.1) is 12.7 Å². The topological polar surface area (TPSA) is 67.2 Å². The number of urea groups is 1. The van der Waals surface area contributed by atoms with Crippen LogP contribution in [0.1, 0.15) is 24.4 Å². The number of carbonyl (C=O) groups is 1. The highest BCUT2D eigenvalue weighted by Crippen LogP contribution is 2.22. The SMILES string of the molecule is Cc1ccc(NC(=O)N2CCC(n3cnc4cc(F)ccc4c3=O)CC2)cc1. The summed E-state index contributed by atoms with van der Waals surface area (Å²) in [5.74, 6) is -0.412. The summed E-state index contributed by atoms with van der Waals surface area (Å²) < 4.78 is 14.9. The molecule has 1 aliphatic heterocycles. The van der Waals surface area contributed by atoms with E-state index in [0.717, 1.165) is 11.3 Å². The van der Waals surface area contributed by atoms with Gasteiger partial charge in [0.05, 0.1) is 17.2 Å². The molecule has 7 heteroatoms. The summed E-state index contributed by atoms with van der Waals surface area (Å²) in [4.78, 5) is 31.2. The molecule has 1 saturated heterocycles. The van der Waals surface area contributed by atoms with Gasteiger partial charge in [-0.05, 0) is 44.0 Å². The van der Waals surface area contributed by atoms with Crippen LogP contribution in [0.15, 0.2) is 53.6 Å². The van der Waals surface area contributed by atoms with Crippen molar-refractivity contribution in [3.8, 4) is 0 Å². The Balaban J connectivity index is 1.44. The van der Waals surface area contributed by atoms with Gasteiger partial charge in [-0.3, -0.25) is 9.36 Å². The minimum absolute atomic E-state index is 0.0297. The Hall–Kier alpha value is -3.22. The van der Waals surface area contributed by atoms with Crippen LogP contribution in [0.3, 0.4) is 0 Å². The zero-order valence-corrected chi connectivity index (χ0v) is 15.6. The molecule has 0 bridgehead atoms. The molecule has 0 spiro atoms. The Bertz CT molecular complexity index is 1070. The second kappa shape index (κ2) is 7.42. The number of piperidine rings is 1. The fourth-order valence-corrected chi connectivity index (χ4v) is 3.56. The molecule has 2 heterocycles. The van der Waals surface area contributed by atoms with Crippen molar-refractivity contribution in [2.24, 2.45) is 0 Å². The summed E-state index contributed by atoms with van der Waals surface area (Å²) in [5, 5.41) is 3.31. The predicted molar refractivity (Wildman–Crippen MR) is 106 cm³/mol. The van der Waals surface area contributed by atoms with Crippen molar-refractivity contribution in [3.05, 3.63) is 70.5 Å². The van der Waals surface area contributed by atoms with E-state index in [1.165, 1.54) is 24.5 Å². The molecule has 1 fully saturated rings. The van der Waals surface area contributed by atoms with Crippen LogP contribution in [0.4, 0.5) is 14.9 Å². The molecule has 3 aromatic rings. The van der Waals surface area contributed by atoms with E-state index in [2.05, 4.69) is 10.3 Å². The Morgan fingerprint density at radius 1 is 1.14 bits per heavy atom. The fourth-order valence-electron chi connectivity index (χ4n) is 3.56. The zero-order chi connectivity index (χ0) is 19.7. The Labute approximate surface area is 161 Å². The summed E-state index contributed by atoms with van der Waals surface area (Å²) >= 11 is 0. The van der Waals surface area contributed by atoms with Gasteiger partial charge in [-0.25, -0.2) is 14.2 Å². The Morgan fingerprint density at radius 2 is 1.86 bits per heavy atom. The van der Waals surface area contributed by atoms with Crippen LogP contribution in [0.2, 0.25) is 0 Å². The third-order valence-corrected chi connectivity index (χ3v) is 5.19. The van der Waals surface area contributed by atoms with E-state index in [4.69, 9.17) is 0 Å². The number of hydrogen-bond donors (Lipinski definition) is 1. The first kappa shape index (κ1) is 18.2. The number of amides is 2. The highest BCUT2D eigenvalue weighted by molar-refractivity contribution is 5.89. The van der Waals surface area contributed by atoms with E-state index in [1.54, 1.807) is 9.47 Å². The third kappa shape index (κ3) is 3.60. The molecule has 4 rings (SSSR count). The highest BCUT2D eigenvalue weighted by atomic mass is 19.1. The quantitative estimate of drug-likeness (QED) is 0.737. The van der Waals surface area contributed by atoms with Gasteiger partial charge in [-0.1, -0.05) is 17.7 Å². The number of carbonyl (C=O) groups excluding carboxylic acids is 1. The van der Waals surface area contributed by atoms with Crippen molar-refractivity contribution in [1.82, 2.24) is 14.5 Å². The molecule has 28 heavy (non-hydrogen) atoms. The van der Waals surface area contributed by atoms with Gasteiger partial charge in [0.1, 0.15) is 5.82 Å². The van der Waals surface area contributed by atoms with E-state index in [1.807, 2.05) is 31.2 Å². The lowest BCUT2D eigenvalue weighted by Crippen LogP contribution is -2.42. The van der Waals surface area contributed by atoms with Crippen molar-refractivity contribution < 1.29 is 9.18 Å². The van der Waals surface area contributed by atoms with E-state index in [0.29, 0.717) is 36.8 Å². The number of rotatable bonds is 2. The van der Waals surface area contributed by atoms with Crippen LogP contribution in [0.5, 0.6) is 0 Å². The maximum absolute atomic E-state index is 13.3. The van der Waals surface area contributed by atoms with Gasteiger partial charge < -0.3 is 10.2 Å². The van der Waals surface area contributed by atoms with Gasteiger partial charge in [0, 0.05) is 30.9 Å². The van der Waals surface area contributed by atoms with E-state index >= 15 is 0 Å². The molecule has 1 aromatic heterocycles. The normalized spacial score (nSPS) is 15.0. The summed E-state index contributed by atoms with van der Waals surface area (Å²) in [5.41, 5.74) is 2.08. The monoisotopic (exact) mass is 380 g/mol. The van der Waals surface area contributed by atoms with E-state index in [9.17, 15) is 14.0 Å². The third-order valence-electron chi connectivity index (χ3n) is 5.19. The lowest BCUT2D eigenvalue weighted by molar-refractivity contribution is 0.182. The number of likely N-dealkylation sites (tertiary alicyclic amines) is 1. The second-order valence-electron chi connectivity index (χ2n) is 7.13. The number of aromatic nitrogens is 2. The number of anilines is 1. The van der Waals surface area contributed by atoms with Gasteiger partial charge in [-0.2, -0.15) is 0 Å². The first-order valence-corrected chi connectivity index (χ1v) is 9.30. The molecule has 0 saturated carbocycles. The standard InChI is InChI=1S/C21H21FN4O2/c1-14-2-5-16(6-3-14)24-21(28)25-10-8-17(9-11-25)26-13-23-19-12-15(22)4-7-18(19)20(26)27/h2-7,12-13,17H,8-11H2,1H3,(H,24,28). The lowest BCUT2D eigenvalue weighted by atomic mass is 10.0. The van der Waals surface area contributed by atoms with Gasteiger partial charge in [0.2, 0.25) is 0 Å². The molecule has 0 unspecified atom stereocenters. The van der Waals surface area contributed by atoms with Crippen LogP contribution in [-0.4, -0.2) is 33.6 Å². The molecular weight excluding hydrogens is 359 g/mol. The number of nitrogens with one attached hydrogen (secondary N) is 1. The zero-order valence-electron chi connectivity index (χ0n) is 15.6. The molecule has 1 aliphatic rings. The summed E-state index contributed by atoms with van der Waals surface area (Å²) in [6.45, 7) is 3.10. The van der Waals surface area contributed by atoms with Crippen molar-refractivity contribution in [1.29, 1.82) is 0 Å². The fraction of sp³-hybridized carbons (Fsp3) is 0.286. The summed E-state index contributed by atoms with van der Waals surface area (Å²) in [6.07, 6.45) is 2.81. The minimum Gasteiger partial charge on any atom is -0.324 e. The molecule has 0 atom stereocenters. The van der Waals surface area contributed by atoms with Crippen LogP contribution in [0.25, 0.3) is 10.9 Å². The summed E-state index contributed by atoms with van der Waals surface area (Å²) in [7, 11) is 0. The molecule has 0 radical (unpaired) electrons. The molecule has 2 aromatic carbocycles. The Morgan fingerprint density at radius 3 is 2.57 bits per heavy atom. The molecule has 1 N–H and O–H groups in total. The first-order chi connectivity index (χ1) is 13.5. The van der Waals surface area contributed by atoms with Crippen LogP contribution < -0.4 is 10.9 Å². The molecular formula is C21H21FN4O2. The molecule has 144 valence electrons. The van der Waals surface area contributed by atoms with Crippen molar-refractivity contribution in [3.63, 3.8) is 0 Å². The largest absolute Gasteiger partial charge is 0.324 e. The number of halogens is 1. The smallest absolute Gasteiger partial charge is 0.321 e. The number of hydrogen-bond acceptors (Lipinski definition) is 3. The van der Waals surface area contributed by atoms with E-state index < -0.39 is 5.82 Å². The number of benzene rings is 2. The highest BCUT2D eigenvalue weighted by Gasteiger charge is 2.25. The number of aryl methyl sites for hydroxylation is 1. The average molecular weight is 380 g/mol. The van der Waals surface area contributed by atoms with Gasteiger partial charge in [0.15, 0.2) is 0 Å². The second-order valence-corrected chi connectivity index (χ2v) is 7.13. The predicted octanol–water partition coefficient (Wildman–Crippen LogP) is 3.71. The molecule has 2 amide bonds. The van der Waals surface area contributed by atoms with Crippen molar-refractivity contribution >= 4 is 22.6 Å². The van der Waals surface area contributed by atoms with Gasteiger partial charge >= 0.3 is 6.03 Å². The molecule has 0 aliphatic carbocycles. The average Bonchev–Trinajstić information content (AvgIpc) is 2.70. The number of nitrogens with zero attached hydrogens (tertiary/aromatic N) is 3. The summed E-state index contributed by atoms with van der Waals surface area (Å²) in [6, 6.07) is 11.5. The first-order valence-electron chi connectivity index (χ1n) is 9.30. The Kier molecular flexibility index (Phi) is 4.81. The van der Waals surface area contributed by atoms with Crippen LogP contribution in [-0.2, 0) is 0 Å². The maximum Gasteiger partial charge on any atom is 0.321 e.